The third-order valence-electron chi connectivity index (χ3n) is 3.40. The van der Waals surface area contributed by atoms with Crippen molar-refractivity contribution in [1.82, 2.24) is 0 Å². The first kappa shape index (κ1) is 12.5. The quantitative estimate of drug-likeness (QED) is 0.870. The first-order chi connectivity index (χ1) is 9.69. The lowest BCUT2D eigenvalue weighted by Gasteiger charge is -2.07. The standard InChI is InChI=1S/C16H15NO3/c1-10-7-14-15(20-9-19-14)8-13(10)16(18)11-3-5-12(17-2)6-4-11/h3-8,17H,9H2,1-2H3. The number of carbonyl (C=O) groups is 1. The van der Waals surface area contributed by atoms with E-state index in [2.05, 4.69) is 5.32 Å². The van der Waals surface area contributed by atoms with Gasteiger partial charge in [-0.3, -0.25) is 4.79 Å². The zero-order valence-electron chi connectivity index (χ0n) is 11.4. The molecule has 0 saturated heterocycles. The molecule has 4 nitrogen and oxygen atoms in total. The number of rotatable bonds is 3. The number of anilines is 1. The molecule has 0 atom stereocenters. The van der Waals surface area contributed by atoms with E-state index in [-0.39, 0.29) is 12.6 Å². The molecule has 0 radical (unpaired) electrons. The summed E-state index contributed by atoms with van der Waals surface area (Å²) in [5.41, 5.74) is 3.17. The fraction of sp³-hybridized carbons (Fsp3) is 0.188. The third-order valence-corrected chi connectivity index (χ3v) is 3.40. The highest BCUT2D eigenvalue weighted by Crippen LogP contribution is 2.35. The first-order valence-electron chi connectivity index (χ1n) is 6.42. The van der Waals surface area contributed by atoms with Gasteiger partial charge in [-0.05, 0) is 48.9 Å². The Bertz CT molecular complexity index is 662. The SMILES string of the molecule is CNc1ccc(C(=O)c2cc3c(cc2C)OCO3)cc1. The fourth-order valence-corrected chi connectivity index (χ4v) is 2.23. The zero-order chi connectivity index (χ0) is 14.1. The number of benzene rings is 2. The minimum absolute atomic E-state index is 0.0107. The second-order valence-corrected chi connectivity index (χ2v) is 4.68. The predicted molar refractivity (Wildman–Crippen MR) is 76.7 cm³/mol. The van der Waals surface area contributed by atoms with Crippen molar-refractivity contribution in [3.05, 3.63) is 53.1 Å². The van der Waals surface area contributed by atoms with Crippen molar-refractivity contribution >= 4 is 11.5 Å². The largest absolute Gasteiger partial charge is 0.454 e. The van der Waals surface area contributed by atoms with Crippen LogP contribution in [0.3, 0.4) is 0 Å². The lowest BCUT2D eigenvalue weighted by atomic mass is 9.98. The lowest BCUT2D eigenvalue weighted by Crippen LogP contribution is -2.04. The van der Waals surface area contributed by atoms with Crippen LogP contribution in [-0.4, -0.2) is 19.6 Å². The molecule has 1 aliphatic heterocycles. The Kier molecular flexibility index (Phi) is 3.06. The summed E-state index contributed by atoms with van der Waals surface area (Å²) in [6.07, 6.45) is 0. The highest BCUT2D eigenvalue weighted by atomic mass is 16.7. The highest BCUT2D eigenvalue weighted by molar-refractivity contribution is 6.10. The maximum atomic E-state index is 12.5. The van der Waals surface area contributed by atoms with Crippen molar-refractivity contribution < 1.29 is 14.3 Å². The van der Waals surface area contributed by atoms with Crippen LogP contribution < -0.4 is 14.8 Å². The minimum atomic E-state index is -0.0107. The van der Waals surface area contributed by atoms with Gasteiger partial charge in [0.25, 0.3) is 0 Å². The fourth-order valence-electron chi connectivity index (χ4n) is 2.23. The number of ketones is 1. The molecule has 2 aromatic carbocycles. The van der Waals surface area contributed by atoms with Crippen LogP contribution in [0, 0.1) is 6.92 Å². The summed E-state index contributed by atoms with van der Waals surface area (Å²) in [5.74, 6) is 1.32. The monoisotopic (exact) mass is 269 g/mol. The molecule has 0 amide bonds. The molecule has 3 rings (SSSR count). The second-order valence-electron chi connectivity index (χ2n) is 4.68. The van der Waals surface area contributed by atoms with Crippen LogP contribution in [0.1, 0.15) is 21.5 Å². The molecule has 0 unspecified atom stereocenters. The molecular formula is C16H15NO3. The molecule has 4 heteroatoms. The smallest absolute Gasteiger partial charge is 0.231 e. The summed E-state index contributed by atoms with van der Waals surface area (Å²) in [6, 6.07) is 11.0. The maximum absolute atomic E-state index is 12.5. The summed E-state index contributed by atoms with van der Waals surface area (Å²) in [4.78, 5) is 12.5. The molecule has 1 N–H and O–H groups in total. The topological polar surface area (TPSA) is 47.6 Å². The highest BCUT2D eigenvalue weighted by Gasteiger charge is 2.19. The molecule has 0 saturated carbocycles. The van der Waals surface area contributed by atoms with Crippen molar-refractivity contribution in [2.45, 2.75) is 6.92 Å². The molecule has 0 aliphatic carbocycles. The summed E-state index contributed by atoms with van der Waals surface area (Å²) in [5, 5.41) is 3.03. The van der Waals surface area contributed by atoms with Crippen LogP contribution in [0.25, 0.3) is 0 Å². The molecule has 2 aromatic rings. The Balaban J connectivity index is 1.97. The van der Waals surface area contributed by atoms with E-state index >= 15 is 0 Å². The Hall–Kier alpha value is -2.49. The van der Waals surface area contributed by atoms with E-state index in [1.165, 1.54) is 0 Å². The number of hydrogen-bond acceptors (Lipinski definition) is 4. The molecule has 0 spiro atoms. The number of hydrogen-bond donors (Lipinski definition) is 1. The second kappa shape index (κ2) is 4.89. The van der Waals surface area contributed by atoms with Gasteiger partial charge in [-0.2, -0.15) is 0 Å². The molecule has 1 aliphatic rings. The van der Waals surface area contributed by atoms with Crippen molar-refractivity contribution in [3.8, 4) is 11.5 Å². The number of fused-ring (bicyclic) bond motifs is 1. The summed E-state index contributed by atoms with van der Waals surface area (Å²) < 4.78 is 10.6. The number of ether oxygens (including phenoxy) is 2. The first-order valence-corrected chi connectivity index (χ1v) is 6.42. The van der Waals surface area contributed by atoms with Crippen LogP contribution in [-0.2, 0) is 0 Å². The van der Waals surface area contributed by atoms with E-state index in [1.54, 1.807) is 6.07 Å². The van der Waals surface area contributed by atoms with E-state index in [1.807, 2.05) is 44.3 Å². The van der Waals surface area contributed by atoms with Gasteiger partial charge in [-0.1, -0.05) is 0 Å². The van der Waals surface area contributed by atoms with Gasteiger partial charge in [0.1, 0.15) is 0 Å². The van der Waals surface area contributed by atoms with Gasteiger partial charge >= 0.3 is 0 Å². The van der Waals surface area contributed by atoms with Gasteiger partial charge in [-0.25, -0.2) is 0 Å². The van der Waals surface area contributed by atoms with Crippen LogP contribution in [0.5, 0.6) is 11.5 Å². The molecule has 0 fully saturated rings. The van der Waals surface area contributed by atoms with E-state index in [9.17, 15) is 4.79 Å². The zero-order valence-corrected chi connectivity index (χ0v) is 11.4. The average molecular weight is 269 g/mol. The van der Waals surface area contributed by atoms with Crippen LogP contribution in [0.15, 0.2) is 36.4 Å². The number of carbonyl (C=O) groups excluding carboxylic acids is 1. The molecule has 0 aromatic heterocycles. The summed E-state index contributed by atoms with van der Waals surface area (Å²) in [6.45, 7) is 2.11. The Morgan fingerprint density at radius 3 is 2.40 bits per heavy atom. The van der Waals surface area contributed by atoms with Crippen molar-refractivity contribution in [2.24, 2.45) is 0 Å². The number of nitrogens with one attached hydrogen (secondary N) is 1. The van der Waals surface area contributed by atoms with Gasteiger partial charge in [0.2, 0.25) is 6.79 Å². The van der Waals surface area contributed by atoms with Gasteiger partial charge in [0, 0.05) is 23.9 Å². The Labute approximate surface area is 117 Å². The lowest BCUT2D eigenvalue weighted by molar-refractivity contribution is 0.103. The molecule has 102 valence electrons. The normalized spacial score (nSPS) is 12.3. The van der Waals surface area contributed by atoms with Crippen molar-refractivity contribution in [1.29, 1.82) is 0 Å². The summed E-state index contributed by atoms with van der Waals surface area (Å²) >= 11 is 0. The van der Waals surface area contributed by atoms with Gasteiger partial charge in [-0.15, -0.1) is 0 Å². The molecule has 0 bridgehead atoms. The van der Waals surface area contributed by atoms with E-state index in [0.717, 1.165) is 11.3 Å². The van der Waals surface area contributed by atoms with E-state index in [0.29, 0.717) is 22.6 Å². The van der Waals surface area contributed by atoms with E-state index in [4.69, 9.17) is 9.47 Å². The maximum Gasteiger partial charge on any atom is 0.231 e. The predicted octanol–water partition coefficient (Wildman–Crippen LogP) is 3.00. The van der Waals surface area contributed by atoms with Gasteiger partial charge < -0.3 is 14.8 Å². The summed E-state index contributed by atoms with van der Waals surface area (Å²) in [7, 11) is 1.85. The molecule has 20 heavy (non-hydrogen) atoms. The van der Waals surface area contributed by atoms with Gasteiger partial charge in [0.05, 0.1) is 0 Å². The number of aryl methyl sites for hydroxylation is 1. The van der Waals surface area contributed by atoms with Crippen LogP contribution in [0.4, 0.5) is 5.69 Å². The van der Waals surface area contributed by atoms with E-state index < -0.39 is 0 Å². The Morgan fingerprint density at radius 2 is 1.75 bits per heavy atom. The average Bonchev–Trinajstić information content (AvgIpc) is 2.93. The van der Waals surface area contributed by atoms with Crippen LogP contribution in [0.2, 0.25) is 0 Å². The van der Waals surface area contributed by atoms with Crippen molar-refractivity contribution in [3.63, 3.8) is 0 Å². The molecular weight excluding hydrogens is 254 g/mol. The van der Waals surface area contributed by atoms with Gasteiger partial charge in [0.15, 0.2) is 17.3 Å². The third kappa shape index (κ3) is 2.09. The van der Waals surface area contributed by atoms with Crippen LogP contribution >= 0.6 is 0 Å². The minimum Gasteiger partial charge on any atom is -0.454 e. The van der Waals surface area contributed by atoms with Crippen molar-refractivity contribution in [2.75, 3.05) is 19.2 Å². The molecule has 1 heterocycles. The Morgan fingerprint density at radius 1 is 1.10 bits per heavy atom.